The van der Waals surface area contributed by atoms with Gasteiger partial charge in [-0.15, -0.1) is 0 Å². The summed E-state index contributed by atoms with van der Waals surface area (Å²) >= 11 is 5.16. The van der Waals surface area contributed by atoms with E-state index < -0.39 is 41.3 Å². The van der Waals surface area contributed by atoms with Crippen LogP contribution in [0.25, 0.3) is 0 Å². The number of carbonyl (C=O) groups excluding carboxylic acids is 1. The molecule has 0 fully saturated rings. The van der Waals surface area contributed by atoms with Crippen LogP contribution in [0.15, 0.2) is 24.3 Å². The maximum Gasteiger partial charge on any atom is 0.470 e. The molecule has 2 nitrogen and oxygen atoms in total. The zero-order chi connectivity index (χ0) is 20.2. The Morgan fingerprint density at radius 1 is 1.12 bits per heavy atom. The van der Waals surface area contributed by atoms with Crippen LogP contribution in [-0.2, 0) is 0 Å². The van der Waals surface area contributed by atoms with Crippen molar-refractivity contribution in [1.82, 2.24) is 0 Å². The topological polar surface area (TPSA) is 26.3 Å². The number of unbranched alkanes of at least 4 members (excludes halogenated alkanes) is 1. The van der Waals surface area contributed by atoms with Gasteiger partial charge in [0.1, 0.15) is 5.75 Å². The first kappa shape index (κ1) is 22.6. The van der Waals surface area contributed by atoms with Crippen LogP contribution in [0.1, 0.15) is 49.9 Å². The van der Waals surface area contributed by atoms with E-state index in [1.54, 1.807) is 6.92 Å². The normalized spacial score (nSPS) is 14.2. The second-order valence-electron chi connectivity index (χ2n) is 6.15. The van der Waals surface area contributed by atoms with Crippen LogP contribution in [0.5, 0.6) is 5.75 Å². The highest BCUT2D eigenvalue weighted by atomic mass is 35.5. The van der Waals surface area contributed by atoms with Crippen LogP contribution in [0.3, 0.4) is 0 Å². The van der Waals surface area contributed by atoms with Crippen LogP contribution in [0.2, 0.25) is 0 Å². The molecule has 9 heteroatoms. The van der Waals surface area contributed by atoms with Gasteiger partial charge in [0.25, 0.3) is 5.24 Å². The number of halogens is 7. The molecule has 1 rings (SSSR count). The lowest BCUT2D eigenvalue weighted by atomic mass is 9.93. The minimum atomic E-state index is -5.72. The second kappa shape index (κ2) is 8.50. The molecule has 148 valence electrons. The average molecular weight is 405 g/mol. The Kier molecular flexibility index (Phi) is 7.39. The molecule has 0 heterocycles. The lowest BCUT2D eigenvalue weighted by Crippen LogP contribution is -2.57. The van der Waals surface area contributed by atoms with Gasteiger partial charge < -0.3 is 4.74 Å². The Hall–Kier alpha value is -1.44. The lowest BCUT2D eigenvalue weighted by Gasteiger charge is -2.33. The largest absolute Gasteiger partial charge is 0.470 e. The molecule has 1 aromatic carbocycles. The van der Waals surface area contributed by atoms with Crippen LogP contribution >= 0.6 is 11.6 Å². The number of benzene rings is 1. The second-order valence-corrected chi connectivity index (χ2v) is 6.49. The molecule has 0 saturated carbocycles. The van der Waals surface area contributed by atoms with Gasteiger partial charge in [-0.1, -0.05) is 33.1 Å². The van der Waals surface area contributed by atoms with Gasteiger partial charge >= 0.3 is 18.0 Å². The maximum atomic E-state index is 13.9. The van der Waals surface area contributed by atoms with Crippen molar-refractivity contribution < 1.29 is 35.9 Å². The smallest absolute Gasteiger partial charge is 0.428 e. The monoisotopic (exact) mass is 404 g/mol. The van der Waals surface area contributed by atoms with E-state index in [2.05, 4.69) is 4.74 Å². The predicted octanol–water partition coefficient (Wildman–Crippen LogP) is 6.52. The van der Waals surface area contributed by atoms with Crippen molar-refractivity contribution in [3.05, 3.63) is 29.8 Å². The summed E-state index contributed by atoms with van der Waals surface area (Å²) in [7, 11) is 0. The molecule has 0 saturated heterocycles. The van der Waals surface area contributed by atoms with Gasteiger partial charge in [-0.05, 0) is 41.8 Å². The van der Waals surface area contributed by atoms with Crippen molar-refractivity contribution in [2.75, 3.05) is 0 Å². The molecule has 0 radical (unpaired) electrons. The van der Waals surface area contributed by atoms with E-state index >= 15 is 0 Å². The van der Waals surface area contributed by atoms with Crippen molar-refractivity contribution in [2.45, 2.75) is 57.5 Å². The quantitative estimate of drug-likeness (QED) is 0.327. The van der Waals surface area contributed by atoms with E-state index in [-0.39, 0.29) is 12.0 Å². The van der Waals surface area contributed by atoms with E-state index in [9.17, 15) is 31.1 Å². The summed E-state index contributed by atoms with van der Waals surface area (Å²) in [4.78, 5) is 10.9. The molecule has 0 amide bonds. The van der Waals surface area contributed by atoms with E-state index in [0.717, 1.165) is 24.3 Å². The Balaban J connectivity index is 2.93. The van der Waals surface area contributed by atoms with Crippen LogP contribution in [0, 0.1) is 5.92 Å². The first-order valence-corrected chi connectivity index (χ1v) is 8.34. The van der Waals surface area contributed by atoms with Gasteiger partial charge in [0.15, 0.2) is 0 Å². The fraction of sp³-hybridized carbons (Fsp3) is 0.588. The number of rotatable bonds is 10. The summed E-state index contributed by atoms with van der Waals surface area (Å²) in [5.41, 5.74) is -0.0934. The van der Waals surface area contributed by atoms with Gasteiger partial charge in [0.05, 0.1) is 0 Å². The van der Waals surface area contributed by atoms with Crippen molar-refractivity contribution >= 4 is 16.8 Å². The Morgan fingerprint density at radius 3 is 2.12 bits per heavy atom. The molecule has 26 heavy (non-hydrogen) atoms. The van der Waals surface area contributed by atoms with Crippen LogP contribution in [0.4, 0.5) is 26.3 Å². The highest BCUT2D eigenvalue weighted by Gasteiger charge is 2.73. The number of hydrogen-bond acceptors (Lipinski definition) is 2. The van der Waals surface area contributed by atoms with Gasteiger partial charge in [0, 0.05) is 12.0 Å². The summed E-state index contributed by atoms with van der Waals surface area (Å²) in [6.45, 7) is 3.10. The van der Waals surface area contributed by atoms with Crippen molar-refractivity contribution in [1.29, 1.82) is 0 Å². The minimum absolute atomic E-state index is 0.0934. The number of ether oxygens (including phenoxy) is 1. The zero-order valence-corrected chi connectivity index (χ0v) is 14.9. The molecule has 1 unspecified atom stereocenters. The Morgan fingerprint density at radius 2 is 1.65 bits per heavy atom. The average Bonchev–Trinajstić information content (AvgIpc) is 2.52. The first-order valence-electron chi connectivity index (χ1n) is 7.96. The number of hydrogen-bond donors (Lipinski definition) is 0. The molecule has 0 aliphatic rings. The molecular formula is C17H19ClF6O2. The third-order valence-electron chi connectivity index (χ3n) is 3.81. The first-order chi connectivity index (χ1) is 11.8. The van der Waals surface area contributed by atoms with Gasteiger partial charge in [0.2, 0.25) is 0 Å². The number of carbonyl (C=O) groups is 1. The molecule has 0 aromatic heterocycles. The SMILES string of the molecule is CCCCC(C)CC(F)(F)C(F)(F)C(F)(F)Oc1ccc(C(=O)Cl)cc1. The van der Waals surface area contributed by atoms with Crippen LogP contribution in [-0.4, -0.2) is 23.2 Å². The molecule has 0 bridgehead atoms. The minimum Gasteiger partial charge on any atom is -0.428 e. The van der Waals surface area contributed by atoms with Gasteiger partial charge in [-0.2, -0.15) is 26.3 Å². The summed E-state index contributed by atoms with van der Waals surface area (Å²) in [6, 6.07) is 3.43. The van der Waals surface area contributed by atoms with E-state index in [1.165, 1.54) is 6.92 Å². The molecule has 1 atom stereocenters. The van der Waals surface area contributed by atoms with E-state index in [1.807, 2.05) is 0 Å². The highest BCUT2D eigenvalue weighted by Crippen LogP contribution is 2.49. The summed E-state index contributed by atoms with van der Waals surface area (Å²) < 4.78 is 86.9. The lowest BCUT2D eigenvalue weighted by molar-refractivity contribution is -0.374. The fourth-order valence-electron chi connectivity index (χ4n) is 2.30. The molecule has 0 aliphatic heterocycles. The zero-order valence-electron chi connectivity index (χ0n) is 14.2. The van der Waals surface area contributed by atoms with E-state index in [0.29, 0.717) is 12.8 Å². The standard InChI is InChI=1S/C17H19ClF6O2/c1-3-4-5-11(2)10-15(19,20)16(21,22)17(23,24)26-13-8-6-12(7-9-13)14(18)25/h6-9,11H,3-5,10H2,1-2H3. The molecular weight excluding hydrogens is 386 g/mol. The van der Waals surface area contributed by atoms with Crippen LogP contribution < -0.4 is 4.74 Å². The maximum absolute atomic E-state index is 13.9. The van der Waals surface area contributed by atoms with Gasteiger partial charge in [-0.3, -0.25) is 4.79 Å². The molecule has 0 spiro atoms. The molecule has 0 N–H and O–H groups in total. The van der Waals surface area contributed by atoms with Gasteiger partial charge in [-0.25, -0.2) is 0 Å². The summed E-state index contributed by atoms with van der Waals surface area (Å²) in [5, 5.41) is -0.902. The fourth-order valence-corrected chi connectivity index (χ4v) is 2.43. The Bertz CT molecular complexity index is 604. The van der Waals surface area contributed by atoms with Crippen molar-refractivity contribution in [2.24, 2.45) is 5.92 Å². The number of alkyl halides is 6. The molecule has 0 aliphatic carbocycles. The Labute approximate surface area is 152 Å². The van der Waals surface area contributed by atoms with E-state index in [4.69, 9.17) is 11.6 Å². The van der Waals surface area contributed by atoms with Crippen molar-refractivity contribution in [3.63, 3.8) is 0 Å². The summed E-state index contributed by atoms with van der Waals surface area (Å²) in [5.74, 6) is -12.3. The third kappa shape index (κ3) is 5.28. The summed E-state index contributed by atoms with van der Waals surface area (Å²) in [6.07, 6.45) is -5.41. The molecule has 1 aromatic rings. The highest BCUT2D eigenvalue weighted by molar-refractivity contribution is 6.67. The van der Waals surface area contributed by atoms with Crippen molar-refractivity contribution in [3.8, 4) is 5.75 Å². The predicted molar refractivity (Wildman–Crippen MR) is 85.4 cm³/mol. The third-order valence-corrected chi connectivity index (χ3v) is 4.03.